The number of nitrogens with zero attached hydrogens (tertiary/aromatic N) is 1. The smallest absolute Gasteiger partial charge is 0.317 e. The van der Waals surface area contributed by atoms with Gasteiger partial charge in [0.15, 0.2) is 0 Å². The van der Waals surface area contributed by atoms with Crippen LogP contribution in [0.3, 0.4) is 0 Å². The Labute approximate surface area is 94.5 Å². The van der Waals surface area contributed by atoms with Gasteiger partial charge in [-0.25, -0.2) is 4.39 Å². The number of carboxylic acid groups (broad SMARTS) is 1. The van der Waals surface area contributed by atoms with Crippen molar-refractivity contribution < 1.29 is 14.3 Å². The van der Waals surface area contributed by atoms with E-state index in [2.05, 4.69) is 0 Å². The lowest BCUT2D eigenvalue weighted by atomic mass is 10.1. The van der Waals surface area contributed by atoms with Gasteiger partial charge in [0.2, 0.25) is 0 Å². The van der Waals surface area contributed by atoms with Gasteiger partial charge in [0, 0.05) is 6.04 Å². The van der Waals surface area contributed by atoms with E-state index in [1.54, 1.807) is 24.1 Å². The number of halogens is 1. The zero-order valence-corrected chi connectivity index (χ0v) is 9.48. The fourth-order valence-electron chi connectivity index (χ4n) is 1.49. The van der Waals surface area contributed by atoms with Gasteiger partial charge in [-0.3, -0.25) is 9.69 Å². The minimum absolute atomic E-state index is 0.0162. The molecule has 0 aliphatic carbocycles. The molecule has 0 aliphatic rings. The first-order chi connectivity index (χ1) is 7.49. The van der Waals surface area contributed by atoms with Gasteiger partial charge in [-0.2, -0.15) is 0 Å². The topological polar surface area (TPSA) is 40.5 Å². The Bertz CT molecular complexity index is 351. The van der Waals surface area contributed by atoms with Crippen LogP contribution in [-0.2, 0) is 11.2 Å². The molecule has 4 heteroatoms. The minimum atomic E-state index is -0.839. The van der Waals surface area contributed by atoms with Crippen LogP contribution in [0.5, 0.6) is 0 Å². The summed E-state index contributed by atoms with van der Waals surface area (Å²) in [6.07, 6.45) is 0.712. The molecule has 0 aliphatic heterocycles. The molecule has 0 aromatic heterocycles. The average Bonchev–Trinajstić information content (AvgIpc) is 2.20. The molecule has 0 heterocycles. The second-order valence-corrected chi connectivity index (χ2v) is 3.99. The van der Waals surface area contributed by atoms with Gasteiger partial charge in [-0.05, 0) is 38.1 Å². The summed E-state index contributed by atoms with van der Waals surface area (Å²) < 4.78 is 12.7. The monoisotopic (exact) mass is 225 g/mol. The van der Waals surface area contributed by atoms with E-state index in [9.17, 15) is 9.18 Å². The highest BCUT2D eigenvalue weighted by Crippen LogP contribution is 2.08. The van der Waals surface area contributed by atoms with Crippen LogP contribution in [0.4, 0.5) is 4.39 Å². The summed E-state index contributed by atoms with van der Waals surface area (Å²) in [4.78, 5) is 12.3. The largest absolute Gasteiger partial charge is 0.480 e. The zero-order valence-electron chi connectivity index (χ0n) is 9.48. The molecule has 1 aromatic rings. The molecule has 1 atom stereocenters. The van der Waals surface area contributed by atoms with Crippen molar-refractivity contribution in [2.24, 2.45) is 0 Å². The van der Waals surface area contributed by atoms with Crippen LogP contribution in [0.2, 0.25) is 0 Å². The maximum absolute atomic E-state index is 12.7. The molecule has 16 heavy (non-hydrogen) atoms. The van der Waals surface area contributed by atoms with Crippen LogP contribution in [0, 0.1) is 5.82 Å². The highest BCUT2D eigenvalue weighted by Gasteiger charge is 2.12. The molecular formula is C12H16FNO2. The zero-order chi connectivity index (χ0) is 12.1. The van der Waals surface area contributed by atoms with Crippen molar-refractivity contribution in [3.05, 3.63) is 35.6 Å². The number of hydrogen-bond donors (Lipinski definition) is 1. The van der Waals surface area contributed by atoms with Crippen molar-refractivity contribution >= 4 is 5.97 Å². The summed E-state index contributed by atoms with van der Waals surface area (Å²) in [6.45, 7) is 1.97. The van der Waals surface area contributed by atoms with Crippen molar-refractivity contribution in [3.63, 3.8) is 0 Å². The molecule has 1 rings (SSSR count). The molecule has 0 saturated carbocycles. The van der Waals surface area contributed by atoms with Crippen LogP contribution < -0.4 is 0 Å². The molecule has 0 radical (unpaired) electrons. The van der Waals surface area contributed by atoms with Gasteiger partial charge < -0.3 is 5.11 Å². The molecule has 1 unspecified atom stereocenters. The molecule has 88 valence electrons. The Kier molecular flexibility index (Phi) is 4.43. The molecular weight excluding hydrogens is 209 g/mol. The maximum atomic E-state index is 12.7. The Morgan fingerprint density at radius 1 is 1.44 bits per heavy atom. The van der Waals surface area contributed by atoms with Crippen molar-refractivity contribution in [2.75, 3.05) is 13.6 Å². The fraction of sp³-hybridized carbons (Fsp3) is 0.417. The highest BCUT2D eigenvalue weighted by atomic mass is 19.1. The third-order valence-corrected chi connectivity index (χ3v) is 2.58. The molecule has 1 aromatic carbocycles. The Morgan fingerprint density at radius 2 is 2.00 bits per heavy atom. The second-order valence-electron chi connectivity index (χ2n) is 3.99. The minimum Gasteiger partial charge on any atom is -0.480 e. The van der Waals surface area contributed by atoms with E-state index in [4.69, 9.17) is 5.11 Å². The molecule has 0 bridgehead atoms. The summed E-state index contributed by atoms with van der Waals surface area (Å²) in [5.74, 6) is -1.09. The van der Waals surface area contributed by atoms with Crippen LogP contribution in [-0.4, -0.2) is 35.6 Å². The van der Waals surface area contributed by atoms with Crippen molar-refractivity contribution in [1.82, 2.24) is 4.90 Å². The van der Waals surface area contributed by atoms with Gasteiger partial charge in [0.1, 0.15) is 5.82 Å². The number of benzene rings is 1. The Balaban J connectivity index is 2.53. The molecule has 0 amide bonds. The highest BCUT2D eigenvalue weighted by molar-refractivity contribution is 5.69. The lowest BCUT2D eigenvalue weighted by molar-refractivity contribution is -0.138. The van der Waals surface area contributed by atoms with Gasteiger partial charge in [-0.15, -0.1) is 0 Å². The molecule has 0 fully saturated rings. The maximum Gasteiger partial charge on any atom is 0.317 e. The normalized spacial score (nSPS) is 12.8. The van der Waals surface area contributed by atoms with E-state index >= 15 is 0 Å². The van der Waals surface area contributed by atoms with E-state index in [1.807, 2.05) is 6.92 Å². The number of likely N-dealkylation sites (N-methyl/N-ethyl adjacent to an activating group) is 1. The van der Waals surface area contributed by atoms with Crippen LogP contribution in [0.25, 0.3) is 0 Å². The number of aliphatic carboxylic acids is 1. The van der Waals surface area contributed by atoms with Crippen molar-refractivity contribution in [3.8, 4) is 0 Å². The molecule has 0 saturated heterocycles. The number of hydrogen-bond acceptors (Lipinski definition) is 2. The van der Waals surface area contributed by atoms with E-state index < -0.39 is 5.97 Å². The molecule has 1 N–H and O–H groups in total. The van der Waals surface area contributed by atoms with E-state index in [-0.39, 0.29) is 18.4 Å². The third-order valence-electron chi connectivity index (χ3n) is 2.58. The Hall–Kier alpha value is -1.42. The SMILES string of the molecule is CC(Cc1ccc(F)cc1)N(C)CC(=O)O. The number of rotatable bonds is 5. The summed E-state index contributed by atoms with van der Waals surface area (Å²) in [7, 11) is 1.77. The molecule has 3 nitrogen and oxygen atoms in total. The van der Waals surface area contributed by atoms with Crippen LogP contribution in [0.1, 0.15) is 12.5 Å². The molecule has 0 spiro atoms. The number of carboxylic acids is 1. The first kappa shape index (κ1) is 12.6. The Morgan fingerprint density at radius 3 is 2.50 bits per heavy atom. The van der Waals surface area contributed by atoms with Gasteiger partial charge in [0.25, 0.3) is 0 Å². The van der Waals surface area contributed by atoms with Gasteiger partial charge in [-0.1, -0.05) is 12.1 Å². The average molecular weight is 225 g/mol. The summed E-state index contributed by atoms with van der Waals surface area (Å²) in [5.41, 5.74) is 1.01. The lowest BCUT2D eigenvalue weighted by Gasteiger charge is -2.22. The summed E-state index contributed by atoms with van der Waals surface area (Å²) in [5, 5.41) is 8.64. The third kappa shape index (κ3) is 3.98. The first-order valence-electron chi connectivity index (χ1n) is 5.15. The first-order valence-corrected chi connectivity index (χ1v) is 5.15. The fourth-order valence-corrected chi connectivity index (χ4v) is 1.49. The van der Waals surface area contributed by atoms with Gasteiger partial charge in [0.05, 0.1) is 6.54 Å². The van der Waals surface area contributed by atoms with Gasteiger partial charge >= 0.3 is 5.97 Å². The van der Waals surface area contributed by atoms with Crippen molar-refractivity contribution in [1.29, 1.82) is 0 Å². The lowest BCUT2D eigenvalue weighted by Crippen LogP contribution is -2.35. The predicted octanol–water partition coefficient (Wildman–Crippen LogP) is 1.77. The number of carbonyl (C=O) groups is 1. The quantitative estimate of drug-likeness (QED) is 0.830. The summed E-state index contributed by atoms with van der Waals surface area (Å²) >= 11 is 0. The second kappa shape index (κ2) is 5.61. The van der Waals surface area contributed by atoms with Crippen molar-refractivity contribution in [2.45, 2.75) is 19.4 Å². The van der Waals surface area contributed by atoms with Crippen LogP contribution in [0.15, 0.2) is 24.3 Å². The van der Waals surface area contributed by atoms with Crippen LogP contribution >= 0.6 is 0 Å². The predicted molar refractivity (Wildman–Crippen MR) is 59.8 cm³/mol. The standard InChI is InChI=1S/C12H16FNO2/c1-9(14(2)8-12(15)16)7-10-3-5-11(13)6-4-10/h3-6,9H,7-8H2,1-2H3,(H,15,16). The van der Waals surface area contributed by atoms with E-state index in [1.165, 1.54) is 12.1 Å². The van der Waals surface area contributed by atoms with E-state index in [0.717, 1.165) is 5.56 Å². The summed E-state index contributed by atoms with van der Waals surface area (Å²) in [6, 6.07) is 6.39. The van der Waals surface area contributed by atoms with E-state index in [0.29, 0.717) is 6.42 Å².